The first-order valence-corrected chi connectivity index (χ1v) is 24.5. The Morgan fingerprint density at radius 3 is 1.29 bits per heavy atom. The number of benzene rings is 12. The fraction of sp³-hybridized carbons (Fsp3) is 0. The highest BCUT2D eigenvalue weighted by molar-refractivity contribution is 6.11. The van der Waals surface area contributed by atoms with E-state index in [1.54, 1.807) is 0 Å². The Labute approximate surface area is 416 Å². The standard InChI is InChI=1S/C68H44N2O2/c1-3-13-45(14-4-1)47-27-30-55(31-28-47)69(59-34-36-63-64-41-50-17-7-8-18-51(50)42-66(64)72-68(63)43-59)56-21-11-19-48(38-56)49-20-12-22-57(39-49)70(60-33-35-62-61-23-9-10-24-65(61)71-67(62)44-60)58-32-29-53-37-52(25-26-54(53)40-58)46-15-5-2-6-16-46/h1-44H. The molecule has 0 N–H and O–H groups in total. The van der Waals surface area contributed by atoms with Crippen molar-refractivity contribution in [2.75, 3.05) is 9.80 Å². The summed E-state index contributed by atoms with van der Waals surface area (Å²) in [5.41, 5.74) is 16.6. The van der Waals surface area contributed by atoms with Crippen molar-refractivity contribution in [1.82, 2.24) is 0 Å². The maximum absolute atomic E-state index is 6.65. The molecule has 4 heteroatoms. The minimum absolute atomic E-state index is 0.846. The summed E-state index contributed by atoms with van der Waals surface area (Å²) in [4.78, 5) is 4.68. The molecule has 0 aliphatic carbocycles. The van der Waals surface area contributed by atoms with Gasteiger partial charge in [0.15, 0.2) is 0 Å². The molecular weight excluding hydrogens is 877 g/mol. The highest BCUT2D eigenvalue weighted by Gasteiger charge is 2.20. The van der Waals surface area contributed by atoms with Crippen LogP contribution in [0.25, 0.3) is 98.8 Å². The second kappa shape index (κ2) is 17.1. The van der Waals surface area contributed by atoms with E-state index in [9.17, 15) is 0 Å². The second-order valence-electron chi connectivity index (χ2n) is 18.6. The number of hydrogen-bond donors (Lipinski definition) is 0. The zero-order valence-corrected chi connectivity index (χ0v) is 39.1. The Hall–Kier alpha value is -9.64. The topological polar surface area (TPSA) is 32.8 Å². The molecule has 0 fully saturated rings. The summed E-state index contributed by atoms with van der Waals surface area (Å²) in [6, 6.07) is 95.5. The van der Waals surface area contributed by atoms with Crippen LogP contribution >= 0.6 is 0 Å². The molecule has 72 heavy (non-hydrogen) atoms. The number of rotatable bonds is 9. The van der Waals surface area contributed by atoms with Crippen molar-refractivity contribution in [1.29, 1.82) is 0 Å². The summed E-state index contributed by atoms with van der Waals surface area (Å²) in [7, 11) is 0. The van der Waals surface area contributed by atoms with E-state index in [-0.39, 0.29) is 0 Å². The van der Waals surface area contributed by atoms with Gasteiger partial charge in [0.2, 0.25) is 0 Å². The third-order valence-corrected chi connectivity index (χ3v) is 14.2. The van der Waals surface area contributed by atoms with Gasteiger partial charge in [-0.3, -0.25) is 0 Å². The number of furan rings is 2. The number of fused-ring (bicyclic) bond motifs is 8. The number of anilines is 6. The van der Waals surface area contributed by atoms with E-state index in [2.05, 4.69) is 265 Å². The molecule has 0 spiro atoms. The minimum Gasteiger partial charge on any atom is -0.456 e. The van der Waals surface area contributed by atoms with Crippen LogP contribution < -0.4 is 9.80 Å². The fourth-order valence-electron chi connectivity index (χ4n) is 10.6. The monoisotopic (exact) mass is 920 g/mol. The maximum Gasteiger partial charge on any atom is 0.137 e. The molecule has 2 heterocycles. The van der Waals surface area contributed by atoms with Gasteiger partial charge in [0.25, 0.3) is 0 Å². The van der Waals surface area contributed by atoms with Gasteiger partial charge in [-0.2, -0.15) is 0 Å². The van der Waals surface area contributed by atoms with Gasteiger partial charge in [-0.15, -0.1) is 0 Å². The summed E-state index contributed by atoms with van der Waals surface area (Å²) < 4.78 is 13.1. The number of hydrogen-bond acceptors (Lipinski definition) is 4. The van der Waals surface area contributed by atoms with Gasteiger partial charge in [-0.05, 0) is 152 Å². The normalized spacial score (nSPS) is 11.6. The van der Waals surface area contributed by atoms with Crippen LogP contribution in [0.4, 0.5) is 34.1 Å². The second-order valence-corrected chi connectivity index (χ2v) is 18.6. The number of nitrogens with zero attached hydrogens (tertiary/aromatic N) is 2. The molecule has 2 aromatic heterocycles. The SMILES string of the molecule is c1ccc(-c2ccc(N(c3cccc(-c4cccc(N(c5ccc6cc(-c7ccccc7)ccc6c5)c5ccc6c(c5)oc5ccccc56)c4)c3)c3ccc4c(c3)oc3cc5ccccc5cc34)cc2)cc1. The summed E-state index contributed by atoms with van der Waals surface area (Å²) in [5, 5.41) is 9.13. The van der Waals surface area contributed by atoms with Crippen LogP contribution in [-0.4, -0.2) is 0 Å². The van der Waals surface area contributed by atoms with Crippen molar-refractivity contribution in [3.05, 3.63) is 267 Å². The quantitative estimate of drug-likeness (QED) is 0.144. The van der Waals surface area contributed by atoms with Crippen LogP contribution in [0.2, 0.25) is 0 Å². The van der Waals surface area contributed by atoms with E-state index in [0.717, 1.165) is 105 Å². The molecule has 0 saturated carbocycles. The summed E-state index contributed by atoms with van der Waals surface area (Å²) in [6.45, 7) is 0. The van der Waals surface area contributed by atoms with Gasteiger partial charge >= 0.3 is 0 Å². The molecule has 0 amide bonds. The molecule has 0 aliphatic rings. The zero-order valence-electron chi connectivity index (χ0n) is 39.1. The predicted octanol–water partition coefficient (Wildman–Crippen LogP) is 19.7. The minimum atomic E-state index is 0.846. The Morgan fingerprint density at radius 1 is 0.194 bits per heavy atom. The Morgan fingerprint density at radius 2 is 0.597 bits per heavy atom. The fourth-order valence-corrected chi connectivity index (χ4v) is 10.6. The van der Waals surface area contributed by atoms with Gasteiger partial charge in [-0.25, -0.2) is 0 Å². The molecule has 0 atom stereocenters. The Kier molecular flexibility index (Phi) is 9.82. The van der Waals surface area contributed by atoms with Crippen molar-refractivity contribution in [3.8, 4) is 33.4 Å². The molecule has 0 aliphatic heterocycles. The average Bonchev–Trinajstić information content (AvgIpc) is 4.00. The molecule has 338 valence electrons. The van der Waals surface area contributed by atoms with Crippen molar-refractivity contribution >= 4 is 99.5 Å². The van der Waals surface area contributed by atoms with Crippen molar-refractivity contribution in [3.63, 3.8) is 0 Å². The Balaban J connectivity index is 0.884. The molecule has 14 rings (SSSR count). The summed E-state index contributed by atoms with van der Waals surface area (Å²) in [6.07, 6.45) is 0. The maximum atomic E-state index is 6.65. The van der Waals surface area contributed by atoms with Crippen LogP contribution in [0.15, 0.2) is 276 Å². The first-order chi connectivity index (χ1) is 35.6. The highest BCUT2D eigenvalue weighted by Crippen LogP contribution is 2.44. The predicted molar refractivity (Wildman–Crippen MR) is 302 cm³/mol. The Bertz CT molecular complexity index is 4340. The average molecular weight is 921 g/mol. The smallest absolute Gasteiger partial charge is 0.137 e. The van der Waals surface area contributed by atoms with Crippen LogP contribution in [0.1, 0.15) is 0 Å². The molecule has 4 nitrogen and oxygen atoms in total. The first-order valence-electron chi connectivity index (χ1n) is 24.5. The van der Waals surface area contributed by atoms with Crippen LogP contribution in [0.3, 0.4) is 0 Å². The lowest BCUT2D eigenvalue weighted by atomic mass is 10.00. The van der Waals surface area contributed by atoms with Gasteiger partial charge in [-0.1, -0.05) is 158 Å². The van der Waals surface area contributed by atoms with Crippen molar-refractivity contribution < 1.29 is 8.83 Å². The van der Waals surface area contributed by atoms with E-state index >= 15 is 0 Å². The van der Waals surface area contributed by atoms with Crippen LogP contribution in [0, 0.1) is 0 Å². The van der Waals surface area contributed by atoms with Gasteiger partial charge < -0.3 is 18.6 Å². The summed E-state index contributed by atoms with van der Waals surface area (Å²) >= 11 is 0. The third kappa shape index (κ3) is 7.33. The third-order valence-electron chi connectivity index (χ3n) is 14.2. The van der Waals surface area contributed by atoms with Crippen LogP contribution in [-0.2, 0) is 0 Å². The first kappa shape index (κ1) is 41.3. The zero-order chi connectivity index (χ0) is 47.5. The van der Waals surface area contributed by atoms with Gasteiger partial charge in [0.05, 0.1) is 0 Å². The van der Waals surface area contributed by atoms with Gasteiger partial charge in [0.1, 0.15) is 22.3 Å². The van der Waals surface area contributed by atoms with Crippen molar-refractivity contribution in [2.45, 2.75) is 0 Å². The van der Waals surface area contributed by atoms with E-state index in [4.69, 9.17) is 8.83 Å². The molecular formula is C68H44N2O2. The van der Waals surface area contributed by atoms with E-state index < -0.39 is 0 Å². The van der Waals surface area contributed by atoms with E-state index in [1.807, 2.05) is 12.1 Å². The van der Waals surface area contributed by atoms with Crippen molar-refractivity contribution in [2.24, 2.45) is 0 Å². The molecule has 0 saturated heterocycles. The highest BCUT2D eigenvalue weighted by atomic mass is 16.3. The molecule has 0 bridgehead atoms. The molecule has 0 radical (unpaired) electrons. The summed E-state index contributed by atoms with van der Waals surface area (Å²) in [5.74, 6) is 0. The lowest BCUT2D eigenvalue weighted by Crippen LogP contribution is -2.10. The van der Waals surface area contributed by atoms with Gasteiger partial charge in [0, 0.05) is 67.8 Å². The lowest BCUT2D eigenvalue weighted by molar-refractivity contribution is 0.669. The van der Waals surface area contributed by atoms with Crippen LogP contribution in [0.5, 0.6) is 0 Å². The number of para-hydroxylation sites is 1. The molecule has 12 aromatic carbocycles. The molecule has 14 aromatic rings. The lowest BCUT2D eigenvalue weighted by Gasteiger charge is -2.27. The molecule has 0 unspecified atom stereocenters. The van der Waals surface area contributed by atoms with E-state index in [1.165, 1.54) is 27.5 Å². The van der Waals surface area contributed by atoms with E-state index in [0.29, 0.717) is 0 Å². The largest absolute Gasteiger partial charge is 0.456 e.